The predicted octanol–water partition coefficient (Wildman–Crippen LogP) is 3.02. The Morgan fingerprint density at radius 2 is 2.31 bits per heavy atom. The van der Waals surface area contributed by atoms with Crippen molar-refractivity contribution >= 4 is 11.8 Å². The topological polar surface area (TPSA) is 46.3 Å². The highest BCUT2D eigenvalue weighted by molar-refractivity contribution is 7.98. The van der Waals surface area contributed by atoms with Gasteiger partial charge in [0.2, 0.25) is 0 Å². The Morgan fingerprint density at radius 3 is 2.88 bits per heavy atom. The number of furan rings is 1. The van der Waals surface area contributed by atoms with Gasteiger partial charge in [-0.05, 0) is 30.7 Å². The van der Waals surface area contributed by atoms with E-state index >= 15 is 0 Å². The Hall–Kier alpha value is -1.26. The summed E-state index contributed by atoms with van der Waals surface area (Å²) in [6, 6.07) is 7.62. The van der Waals surface area contributed by atoms with Crippen LogP contribution < -0.4 is 0 Å². The van der Waals surface area contributed by atoms with Gasteiger partial charge in [0.05, 0.1) is 23.1 Å². The highest BCUT2D eigenvalue weighted by Gasteiger charge is 2.03. The molecule has 0 aliphatic carbocycles. The lowest BCUT2D eigenvalue weighted by molar-refractivity contribution is 0.198. The van der Waals surface area contributed by atoms with E-state index in [0.29, 0.717) is 0 Å². The van der Waals surface area contributed by atoms with E-state index in [1.54, 1.807) is 31.1 Å². The number of aliphatic hydroxyl groups is 1. The van der Waals surface area contributed by atoms with Gasteiger partial charge in [-0.2, -0.15) is 0 Å². The number of hydrogen-bond donors (Lipinski definition) is 1. The molecular weight excluding hydrogens is 222 g/mol. The first-order chi connectivity index (χ1) is 7.75. The maximum Gasteiger partial charge on any atom is 0.114 e. The number of aliphatic hydroxyl groups excluding tert-OH is 1. The van der Waals surface area contributed by atoms with Crippen LogP contribution in [0, 0.1) is 0 Å². The highest BCUT2D eigenvalue weighted by Crippen LogP contribution is 2.22. The third-order valence-corrected chi connectivity index (χ3v) is 3.15. The van der Waals surface area contributed by atoms with E-state index in [0.717, 1.165) is 22.1 Å². The summed E-state index contributed by atoms with van der Waals surface area (Å²) < 4.78 is 5.23. The van der Waals surface area contributed by atoms with Crippen LogP contribution in [0.4, 0.5) is 0 Å². The van der Waals surface area contributed by atoms with Crippen molar-refractivity contribution in [1.82, 2.24) is 4.98 Å². The van der Waals surface area contributed by atoms with Crippen LogP contribution in [0.3, 0.4) is 0 Å². The zero-order valence-electron chi connectivity index (χ0n) is 8.96. The van der Waals surface area contributed by atoms with Crippen molar-refractivity contribution in [3.8, 4) is 0 Å². The van der Waals surface area contributed by atoms with Crippen molar-refractivity contribution in [3.05, 3.63) is 48.0 Å². The molecule has 1 N–H and O–H groups in total. The van der Waals surface area contributed by atoms with Crippen LogP contribution >= 0.6 is 11.8 Å². The first kappa shape index (κ1) is 11.2. The fraction of sp³-hybridized carbons (Fsp3) is 0.250. The third-order valence-electron chi connectivity index (χ3n) is 2.18. The first-order valence-electron chi connectivity index (χ1n) is 5.05. The predicted molar refractivity (Wildman–Crippen MR) is 63.1 cm³/mol. The Morgan fingerprint density at radius 1 is 1.44 bits per heavy atom. The van der Waals surface area contributed by atoms with E-state index in [1.807, 2.05) is 24.3 Å². The fourth-order valence-electron chi connectivity index (χ4n) is 1.26. The average Bonchev–Trinajstić information content (AvgIpc) is 2.80. The maximum absolute atomic E-state index is 9.33. The van der Waals surface area contributed by atoms with Gasteiger partial charge in [0.15, 0.2) is 0 Å². The molecule has 2 heterocycles. The second-order valence-electron chi connectivity index (χ2n) is 3.47. The molecule has 3 nitrogen and oxygen atoms in total. The zero-order chi connectivity index (χ0) is 11.4. The smallest absolute Gasteiger partial charge is 0.114 e. The van der Waals surface area contributed by atoms with Crippen molar-refractivity contribution in [2.75, 3.05) is 0 Å². The summed E-state index contributed by atoms with van der Waals surface area (Å²) in [6.45, 7) is 1.73. The van der Waals surface area contributed by atoms with Crippen molar-refractivity contribution in [2.45, 2.75) is 23.8 Å². The summed E-state index contributed by atoms with van der Waals surface area (Å²) in [4.78, 5) is 4.26. The molecule has 84 valence electrons. The molecule has 16 heavy (non-hydrogen) atoms. The van der Waals surface area contributed by atoms with E-state index in [2.05, 4.69) is 4.98 Å². The molecule has 2 aromatic heterocycles. The van der Waals surface area contributed by atoms with E-state index in [1.165, 1.54) is 0 Å². The SMILES string of the molecule is C[C@H](O)c1ccc(SCc2ccco2)nc1. The van der Waals surface area contributed by atoms with Crippen molar-refractivity contribution in [2.24, 2.45) is 0 Å². The zero-order valence-corrected chi connectivity index (χ0v) is 9.78. The van der Waals surface area contributed by atoms with E-state index in [-0.39, 0.29) is 0 Å². The second-order valence-corrected chi connectivity index (χ2v) is 4.47. The molecule has 0 bridgehead atoms. The molecule has 0 aliphatic rings. The molecule has 2 rings (SSSR count). The molecule has 0 aliphatic heterocycles. The van der Waals surface area contributed by atoms with Gasteiger partial charge in [0.25, 0.3) is 0 Å². The van der Waals surface area contributed by atoms with E-state index in [4.69, 9.17) is 4.42 Å². The highest BCUT2D eigenvalue weighted by atomic mass is 32.2. The van der Waals surface area contributed by atoms with E-state index < -0.39 is 6.10 Å². The number of thioether (sulfide) groups is 1. The molecule has 0 fully saturated rings. The van der Waals surface area contributed by atoms with Crippen molar-refractivity contribution in [3.63, 3.8) is 0 Å². The molecule has 0 aromatic carbocycles. The number of aromatic nitrogens is 1. The Balaban J connectivity index is 1.95. The monoisotopic (exact) mass is 235 g/mol. The van der Waals surface area contributed by atoms with Gasteiger partial charge in [-0.15, -0.1) is 0 Å². The minimum Gasteiger partial charge on any atom is -0.468 e. The Kier molecular flexibility index (Phi) is 3.64. The first-order valence-corrected chi connectivity index (χ1v) is 6.03. The Labute approximate surface area is 98.5 Å². The van der Waals surface area contributed by atoms with Gasteiger partial charge < -0.3 is 9.52 Å². The third kappa shape index (κ3) is 2.87. The molecule has 1 atom stereocenters. The van der Waals surface area contributed by atoms with Gasteiger partial charge in [-0.3, -0.25) is 0 Å². The van der Waals surface area contributed by atoms with Crippen molar-refractivity contribution < 1.29 is 9.52 Å². The molecule has 0 saturated carbocycles. The fourth-order valence-corrected chi connectivity index (χ4v) is 2.01. The lowest BCUT2D eigenvalue weighted by Gasteiger charge is -2.04. The minimum atomic E-state index is -0.461. The van der Waals surface area contributed by atoms with Gasteiger partial charge in [0, 0.05) is 6.20 Å². The molecule has 2 aromatic rings. The van der Waals surface area contributed by atoms with Crippen LogP contribution in [0.5, 0.6) is 0 Å². The molecule has 0 radical (unpaired) electrons. The van der Waals surface area contributed by atoms with Crippen molar-refractivity contribution in [1.29, 1.82) is 0 Å². The van der Waals surface area contributed by atoms with Crippen LogP contribution in [0.1, 0.15) is 24.4 Å². The van der Waals surface area contributed by atoms with E-state index in [9.17, 15) is 5.11 Å². The number of nitrogens with zero attached hydrogens (tertiary/aromatic N) is 1. The summed E-state index contributed by atoms with van der Waals surface area (Å²) in [5.41, 5.74) is 0.836. The molecule has 0 saturated heterocycles. The normalized spacial score (nSPS) is 12.6. The largest absolute Gasteiger partial charge is 0.468 e. The minimum absolute atomic E-state index is 0.461. The summed E-state index contributed by atoms with van der Waals surface area (Å²) in [7, 11) is 0. The number of pyridine rings is 1. The lowest BCUT2D eigenvalue weighted by atomic mass is 10.2. The number of rotatable bonds is 4. The van der Waals surface area contributed by atoms with Crippen LogP contribution in [0.25, 0.3) is 0 Å². The number of hydrogen-bond acceptors (Lipinski definition) is 4. The maximum atomic E-state index is 9.33. The van der Waals surface area contributed by atoms with Crippen LogP contribution in [-0.2, 0) is 5.75 Å². The molecule has 0 unspecified atom stereocenters. The summed E-state index contributed by atoms with van der Waals surface area (Å²) >= 11 is 1.61. The van der Waals surface area contributed by atoms with Crippen LogP contribution in [-0.4, -0.2) is 10.1 Å². The van der Waals surface area contributed by atoms with Gasteiger partial charge in [-0.25, -0.2) is 4.98 Å². The van der Waals surface area contributed by atoms with Crippen LogP contribution in [0.15, 0.2) is 46.2 Å². The van der Waals surface area contributed by atoms with Gasteiger partial charge >= 0.3 is 0 Å². The summed E-state index contributed by atoms with van der Waals surface area (Å²) in [6.07, 6.45) is 2.91. The summed E-state index contributed by atoms with van der Waals surface area (Å²) in [5, 5.41) is 10.3. The Bertz CT molecular complexity index is 423. The summed E-state index contributed by atoms with van der Waals surface area (Å²) in [5.74, 6) is 1.71. The lowest BCUT2D eigenvalue weighted by Crippen LogP contribution is -1.92. The second kappa shape index (κ2) is 5.18. The molecule has 0 spiro atoms. The van der Waals surface area contributed by atoms with Gasteiger partial charge in [0.1, 0.15) is 5.76 Å². The molecular formula is C12H13NO2S. The van der Waals surface area contributed by atoms with Crippen LogP contribution in [0.2, 0.25) is 0 Å². The quantitative estimate of drug-likeness (QED) is 0.827. The standard InChI is InChI=1S/C12H13NO2S/c1-9(14)10-4-5-12(13-7-10)16-8-11-3-2-6-15-11/h2-7,9,14H,8H2,1H3/t9-/m0/s1. The van der Waals surface area contributed by atoms with Gasteiger partial charge in [-0.1, -0.05) is 17.8 Å². The molecule has 4 heteroatoms. The average molecular weight is 235 g/mol. The molecule has 0 amide bonds.